The summed E-state index contributed by atoms with van der Waals surface area (Å²) in [6, 6.07) is 12.3. The van der Waals surface area contributed by atoms with Crippen LogP contribution in [0.1, 0.15) is 19.4 Å². The van der Waals surface area contributed by atoms with Crippen molar-refractivity contribution in [1.82, 2.24) is 9.62 Å². The van der Waals surface area contributed by atoms with Crippen LogP contribution in [0.5, 0.6) is 0 Å². The molecule has 0 aliphatic heterocycles. The summed E-state index contributed by atoms with van der Waals surface area (Å²) in [5.74, 6) is -0.594. The van der Waals surface area contributed by atoms with Crippen LogP contribution in [0.3, 0.4) is 0 Å². The van der Waals surface area contributed by atoms with Crippen molar-refractivity contribution in [3.63, 3.8) is 0 Å². The van der Waals surface area contributed by atoms with Crippen LogP contribution in [-0.4, -0.2) is 38.2 Å². The van der Waals surface area contributed by atoms with Gasteiger partial charge >= 0.3 is 0 Å². The van der Waals surface area contributed by atoms with Gasteiger partial charge in [-0.1, -0.05) is 28.1 Å². The third-order valence-corrected chi connectivity index (χ3v) is 5.98. The predicted molar refractivity (Wildman–Crippen MR) is 111 cm³/mol. The number of carbonyl (C=O) groups is 2. The molecule has 0 radical (unpaired) electrons. The minimum Gasteiger partial charge on any atom is -0.340 e. The molecule has 7 nitrogen and oxygen atoms in total. The monoisotopic (exact) mass is 467 g/mol. The number of hydrogen-bond donors (Lipinski definition) is 2. The normalized spacial score (nSPS) is 12.3. The molecule has 1 atom stereocenters. The van der Waals surface area contributed by atoms with Gasteiger partial charge in [-0.2, -0.15) is 4.72 Å². The Balaban J connectivity index is 2.02. The van der Waals surface area contributed by atoms with E-state index in [0.29, 0.717) is 12.2 Å². The Bertz CT molecular complexity index is 944. The first kappa shape index (κ1) is 22.1. The number of nitrogens with zero attached hydrogens (tertiary/aromatic N) is 1. The molecular weight excluding hydrogens is 446 g/mol. The summed E-state index contributed by atoms with van der Waals surface area (Å²) in [4.78, 5) is 25.1. The van der Waals surface area contributed by atoms with Crippen LogP contribution >= 0.6 is 15.9 Å². The molecule has 0 aliphatic carbocycles. The highest BCUT2D eigenvalue weighted by Crippen LogP contribution is 2.15. The third kappa shape index (κ3) is 6.15. The standard InChI is InChI=1S/C19H22BrN3O4S/c1-13(19(25)23(3)12-15-4-6-16(20)7-5-15)22-28(26,27)18-10-8-17(9-11-18)21-14(2)24/h4-11,13,22H,12H2,1-3H3,(H,21,24)/t13-/m0/s1. The molecule has 2 N–H and O–H groups in total. The zero-order valence-electron chi connectivity index (χ0n) is 15.8. The number of likely N-dealkylation sites (N-methyl/N-ethyl adjacent to an activating group) is 1. The number of rotatable bonds is 7. The van der Waals surface area contributed by atoms with Gasteiger partial charge in [0.25, 0.3) is 0 Å². The van der Waals surface area contributed by atoms with Gasteiger partial charge in [-0.15, -0.1) is 0 Å². The SMILES string of the molecule is CC(=O)Nc1ccc(S(=O)(=O)N[C@@H](C)C(=O)N(C)Cc2ccc(Br)cc2)cc1. The maximum absolute atomic E-state index is 12.5. The van der Waals surface area contributed by atoms with Gasteiger partial charge in [0.2, 0.25) is 21.8 Å². The van der Waals surface area contributed by atoms with Gasteiger partial charge in [0, 0.05) is 30.7 Å². The van der Waals surface area contributed by atoms with Crippen molar-refractivity contribution in [2.75, 3.05) is 12.4 Å². The second-order valence-corrected chi connectivity index (χ2v) is 9.00. The number of amides is 2. The molecule has 0 unspecified atom stereocenters. The lowest BCUT2D eigenvalue weighted by Crippen LogP contribution is -2.45. The fraction of sp³-hybridized carbons (Fsp3) is 0.263. The Morgan fingerprint density at radius 3 is 2.18 bits per heavy atom. The molecule has 0 spiro atoms. The molecule has 0 aliphatic rings. The highest BCUT2D eigenvalue weighted by atomic mass is 79.9. The molecule has 0 heterocycles. The molecule has 2 aromatic rings. The number of hydrogen-bond acceptors (Lipinski definition) is 4. The lowest BCUT2D eigenvalue weighted by atomic mass is 10.2. The van der Waals surface area contributed by atoms with Crippen molar-refractivity contribution in [2.45, 2.75) is 31.3 Å². The van der Waals surface area contributed by atoms with E-state index in [2.05, 4.69) is 26.0 Å². The summed E-state index contributed by atoms with van der Waals surface area (Å²) < 4.78 is 28.4. The van der Waals surface area contributed by atoms with Crippen LogP contribution in [-0.2, 0) is 26.2 Å². The van der Waals surface area contributed by atoms with E-state index in [9.17, 15) is 18.0 Å². The van der Waals surface area contributed by atoms with E-state index in [-0.39, 0.29) is 16.7 Å². The molecule has 150 valence electrons. The Hall–Kier alpha value is -2.23. The Kier molecular flexibility index (Phi) is 7.34. The third-order valence-electron chi connectivity index (χ3n) is 3.90. The van der Waals surface area contributed by atoms with Gasteiger partial charge in [-0.3, -0.25) is 9.59 Å². The van der Waals surface area contributed by atoms with Gasteiger partial charge in [0.05, 0.1) is 10.9 Å². The molecule has 0 saturated carbocycles. The number of halogens is 1. The first-order valence-electron chi connectivity index (χ1n) is 8.48. The zero-order valence-corrected chi connectivity index (χ0v) is 18.2. The van der Waals surface area contributed by atoms with Crippen LogP contribution in [0.15, 0.2) is 57.9 Å². The predicted octanol–water partition coefficient (Wildman–Crippen LogP) is 2.73. The van der Waals surface area contributed by atoms with Crippen LogP contribution in [0, 0.1) is 0 Å². The highest BCUT2D eigenvalue weighted by Gasteiger charge is 2.24. The largest absolute Gasteiger partial charge is 0.340 e. The molecule has 0 saturated heterocycles. The van der Waals surface area contributed by atoms with E-state index >= 15 is 0 Å². The minimum atomic E-state index is -3.88. The summed E-state index contributed by atoms with van der Waals surface area (Å²) in [6.45, 7) is 3.23. The molecule has 0 bridgehead atoms. The quantitative estimate of drug-likeness (QED) is 0.654. The van der Waals surface area contributed by atoms with Gasteiger partial charge in [0.15, 0.2) is 0 Å². The first-order valence-corrected chi connectivity index (χ1v) is 10.8. The number of benzene rings is 2. The van der Waals surface area contributed by atoms with E-state index in [1.54, 1.807) is 7.05 Å². The van der Waals surface area contributed by atoms with Gasteiger partial charge in [0.1, 0.15) is 0 Å². The molecular formula is C19H22BrN3O4S. The number of sulfonamides is 1. The van der Waals surface area contributed by atoms with Crippen molar-refractivity contribution in [3.05, 3.63) is 58.6 Å². The molecule has 0 fully saturated rings. The summed E-state index contributed by atoms with van der Waals surface area (Å²) in [5.41, 5.74) is 1.42. The van der Waals surface area contributed by atoms with Crippen molar-refractivity contribution in [3.8, 4) is 0 Å². The average Bonchev–Trinajstić information content (AvgIpc) is 2.62. The fourth-order valence-corrected chi connectivity index (χ4v) is 4.01. The van der Waals surface area contributed by atoms with Gasteiger partial charge in [-0.25, -0.2) is 8.42 Å². The van der Waals surface area contributed by atoms with Crippen molar-refractivity contribution < 1.29 is 18.0 Å². The second kappa shape index (κ2) is 9.31. The van der Waals surface area contributed by atoms with Crippen LogP contribution in [0.4, 0.5) is 5.69 Å². The van der Waals surface area contributed by atoms with E-state index < -0.39 is 16.1 Å². The number of carbonyl (C=O) groups excluding carboxylic acids is 2. The van der Waals surface area contributed by atoms with Crippen molar-refractivity contribution in [1.29, 1.82) is 0 Å². The summed E-state index contributed by atoms with van der Waals surface area (Å²) in [7, 11) is -2.26. The first-order chi connectivity index (χ1) is 13.1. The van der Waals surface area contributed by atoms with Gasteiger partial charge in [-0.05, 0) is 48.9 Å². The lowest BCUT2D eigenvalue weighted by molar-refractivity contribution is -0.131. The molecule has 2 rings (SSSR count). The Morgan fingerprint density at radius 2 is 1.64 bits per heavy atom. The molecule has 28 heavy (non-hydrogen) atoms. The maximum atomic E-state index is 12.5. The van der Waals surface area contributed by atoms with Crippen molar-refractivity contribution >= 4 is 43.5 Å². The van der Waals surface area contributed by atoms with Crippen LogP contribution in [0.25, 0.3) is 0 Å². The highest BCUT2D eigenvalue weighted by molar-refractivity contribution is 9.10. The Labute approximate surface area is 173 Å². The average molecular weight is 468 g/mol. The summed E-state index contributed by atoms with van der Waals surface area (Å²) in [5, 5.41) is 2.57. The fourth-order valence-electron chi connectivity index (χ4n) is 2.54. The molecule has 2 aromatic carbocycles. The topological polar surface area (TPSA) is 95.6 Å². The molecule has 9 heteroatoms. The van der Waals surface area contributed by atoms with E-state index in [1.165, 1.54) is 43.0 Å². The second-order valence-electron chi connectivity index (χ2n) is 6.37. The lowest BCUT2D eigenvalue weighted by Gasteiger charge is -2.22. The summed E-state index contributed by atoms with van der Waals surface area (Å²) >= 11 is 3.36. The van der Waals surface area contributed by atoms with Crippen LogP contribution < -0.4 is 10.0 Å². The Morgan fingerprint density at radius 1 is 1.07 bits per heavy atom. The van der Waals surface area contributed by atoms with Gasteiger partial charge < -0.3 is 10.2 Å². The summed E-state index contributed by atoms with van der Waals surface area (Å²) in [6.07, 6.45) is 0. The number of nitrogens with one attached hydrogen (secondary N) is 2. The maximum Gasteiger partial charge on any atom is 0.241 e. The van der Waals surface area contributed by atoms with Crippen molar-refractivity contribution in [2.24, 2.45) is 0 Å². The smallest absolute Gasteiger partial charge is 0.241 e. The minimum absolute atomic E-state index is 0.0109. The van der Waals surface area contributed by atoms with E-state index in [0.717, 1.165) is 10.0 Å². The van der Waals surface area contributed by atoms with E-state index in [4.69, 9.17) is 0 Å². The zero-order chi connectivity index (χ0) is 20.9. The van der Waals surface area contributed by atoms with Crippen LogP contribution in [0.2, 0.25) is 0 Å². The molecule has 2 amide bonds. The van der Waals surface area contributed by atoms with E-state index in [1.807, 2.05) is 24.3 Å². The molecule has 0 aromatic heterocycles. The number of anilines is 1.